The summed E-state index contributed by atoms with van der Waals surface area (Å²) in [6, 6.07) is 5.31. The maximum absolute atomic E-state index is 3.67. The van der Waals surface area contributed by atoms with E-state index in [0.29, 0.717) is 0 Å². The number of nitrogens with one attached hydrogen (secondary N) is 1. The molecule has 1 saturated carbocycles. The van der Waals surface area contributed by atoms with E-state index in [1.807, 2.05) is 0 Å². The van der Waals surface area contributed by atoms with Gasteiger partial charge in [0.1, 0.15) is 0 Å². The van der Waals surface area contributed by atoms with Gasteiger partial charge in [0.25, 0.3) is 0 Å². The van der Waals surface area contributed by atoms with Crippen molar-refractivity contribution >= 4 is 0 Å². The van der Waals surface area contributed by atoms with Crippen molar-refractivity contribution in [3.63, 3.8) is 0 Å². The molecule has 0 aromatic carbocycles. The maximum atomic E-state index is 3.67. The molecule has 0 aliphatic heterocycles. The minimum Gasteiger partial charge on any atom is -0.350 e. The van der Waals surface area contributed by atoms with E-state index in [0.717, 1.165) is 12.6 Å². The molecular weight excluding hydrogens is 196 g/mol. The van der Waals surface area contributed by atoms with Gasteiger partial charge < -0.3 is 9.88 Å². The molecule has 0 radical (unpaired) electrons. The standard InChI is InChI=1S/C14H24N2/c1-3-6-13-9-10-14(16(13)2)11-15-12-7-4-5-8-12/h9-10,12,15H,3-8,11H2,1-2H3. The molecule has 2 nitrogen and oxygen atoms in total. The summed E-state index contributed by atoms with van der Waals surface area (Å²) >= 11 is 0. The highest BCUT2D eigenvalue weighted by atomic mass is 15.0. The number of hydrogen-bond acceptors (Lipinski definition) is 1. The Morgan fingerprint density at radius 3 is 2.62 bits per heavy atom. The summed E-state index contributed by atoms with van der Waals surface area (Å²) in [7, 11) is 2.19. The van der Waals surface area contributed by atoms with E-state index < -0.39 is 0 Å². The Hall–Kier alpha value is -0.760. The van der Waals surface area contributed by atoms with Crippen molar-refractivity contribution in [2.75, 3.05) is 0 Å². The van der Waals surface area contributed by atoms with Gasteiger partial charge in [-0.2, -0.15) is 0 Å². The van der Waals surface area contributed by atoms with E-state index in [2.05, 4.69) is 36.0 Å². The van der Waals surface area contributed by atoms with E-state index in [9.17, 15) is 0 Å². The second-order valence-electron chi connectivity index (χ2n) is 4.99. The van der Waals surface area contributed by atoms with Crippen molar-refractivity contribution in [1.29, 1.82) is 0 Å². The van der Waals surface area contributed by atoms with Crippen LogP contribution in [0, 0.1) is 0 Å². The summed E-state index contributed by atoms with van der Waals surface area (Å²) < 4.78 is 2.35. The fourth-order valence-corrected chi connectivity index (χ4v) is 2.66. The lowest BCUT2D eigenvalue weighted by atomic mass is 10.2. The molecule has 16 heavy (non-hydrogen) atoms. The van der Waals surface area contributed by atoms with Gasteiger partial charge in [0.05, 0.1) is 0 Å². The third-order valence-electron chi connectivity index (χ3n) is 3.76. The van der Waals surface area contributed by atoms with Crippen LogP contribution in [-0.2, 0) is 20.0 Å². The first-order chi connectivity index (χ1) is 7.81. The van der Waals surface area contributed by atoms with E-state index in [1.54, 1.807) is 0 Å². The average Bonchev–Trinajstić information content (AvgIpc) is 2.89. The number of aryl methyl sites for hydroxylation is 1. The molecule has 1 N–H and O–H groups in total. The number of hydrogen-bond donors (Lipinski definition) is 1. The molecular formula is C14H24N2. The van der Waals surface area contributed by atoms with Gasteiger partial charge in [0.15, 0.2) is 0 Å². The summed E-state index contributed by atoms with van der Waals surface area (Å²) in [5.41, 5.74) is 2.89. The molecule has 90 valence electrons. The third kappa shape index (κ3) is 2.67. The van der Waals surface area contributed by atoms with Crippen molar-refractivity contribution in [3.8, 4) is 0 Å². The Kier molecular flexibility index (Phi) is 4.05. The lowest BCUT2D eigenvalue weighted by molar-refractivity contribution is 0.511. The largest absolute Gasteiger partial charge is 0.350 e. The van der Waals surface area contributed by atoms with Crippen molar-refractivity contribution in [3.05, 3.63) is 23.5 Å². The van der Waals surface area contributed by atoms with Gasteiger partial charge in [-0.3, -0.25) is 0 Å². The number of rotatable bonds is 5. The topological polar surface area (TPSA) is 17.0 Å². The molecule has 1 aromatic rings. The number of nitrogens with zero attached hydrogens (tertiary/aromatic N) is 1. The normalized spacial score (nSPS) is 17.1. The van der Waals surface area contributed by atoms with Crippen LogP contribution >= 0.6 is 0 Å². The van der Waals surface area contributed by atoms with Crippen LogP contribution < -0.4 is 5.32 Å². The Balaban J connectivity index is 1.88. The summed E-state index contributed by atoms with van der Waals surface area (Å²) in [6.45, 7) is 3.27. The van der Waals surface area contributed by atoms with E-state index in [-0.39, 0.29) is 0 Å². The Bertz CT molecular complexity index is 321. The van der Waals surface area contributed by atoms with E-state index in [4.69, 9.17) is 0 Å². The first-order valence-electron chi connectivity index (χ1n) is 6.68. The predicted octanol–water partition coefficient (Wildman–Crippen LogP) is 3.01. The molecule has 0 spiro atoms. The molecule has 2 heteroatoms. The first-order valence-corrected chi connectivity index (χ1v) is 6.68. The number of aromatic nitrogens is 1. The SMILES string of the molecule is CCCc1ccc(CNC2CCCC2)n1C. The average molecular weight is 220 g/mol. The predicted molar refractivity (Wildman–Crippen MR) is 68.5 cm³/mol. The molecule has 0 atom stereocenters. The molecule has 1 fully saturated rings. The highest BCUT2D eigenvalue weighted by Gasteiger charge is 2.14. The highest BCUT2D eigenvalue weighted by Crippen LogP contribution is 2.18. The Morgan fingerprint density at radius 2 is 1.94 bits per heavy atom. The van der Waals surface area contributed by atoms with Crippen LogP contribution in [0.5, 0.6) is 0 Å². The first kappa shape index (κ1) is 11.7. The van der Waals surface area contributed by atoms with Gasteiger partial charge in [0, 0.05) is 31.0 Å². The molecule has 0 unspecified atom stereocenters. The monoisotopic (exact) mass is 220 g/mol. The molecule has 2 rings (SSSR count). The summed E-state index contributed by atoms with van der Waals surface area (Å²) in [6.07, 6.45) is 7.98. The Labute approximate surface area is 99.0 Å². The smallest absolute Gasteiger partial charge is 0.0361 e. The lowest BCUT2D eigenvalue weighted by Crippen LogP contribution is -2.26. The van der Waals surface area contributed by atoms with Crippen molar-refractivity contribution in [1.82, 2.24) is 9.88 Å². The van der Waals surface area contributed by atoms with Gasteiger partial charge in [-0.1, -0.05) is 26.2 Å². The quantitative estimate of drug-likeness (QED) is 0.807. The zero-order valence-corrected chi connectivity index (χ0v) is 10.6. The van der Waals surface area contributed by atoms with Gasteiger partial charge in [-0.25, -0.2) is 0 Å². The lowest BCUT2D eigenvalue weighted by Gasteiger charge is -2.13. The second kappa shape index (κ2) is 5.53. The fraction of sp³-hybridized carbons (Fsp3) is 0.714. The zero-order valence-electron chi connectivity index (χ0n) is 10.6. The zero-order chi connectivity index (χ0) is 11.4. The van der Waals surface area contributed by atoms with Gasteiger partial charge in [-0.15, -0.1) is 0 Å². The highest BCUT2D eigenvalue weighted by molar-refractivity contribution is 5.16. The molecule has 1 aliphatic carbocycles. The molecule has 1 aromatic heterocycles. The van der Waals surface area contributed by atoms with Gasteiger partial charge in [-0.05, 0) is 31.4 Å². The van der Waals surface area contributed by atoms with E-state index >= 15 is 0 Å². The molecule has 0 amide bonds. The van der Waals surface area contributed by atoms with Crippen LogP contribution in [0.3, 0.4) is 0 Å². The van der Waals surface area contributed by atoms with Crippen LogP contribution in [0.1, 0.15) is 50.4 Å². The van der Waals surface area contributed by atoms with Crippen LogP contribution in [0.25, 0.3) is 0 Å². The molecule has 1 aliphatic rings. The summed E-state index contributed by atoms with van der Waals surface area (Å²) in [5.74, 6) is 0. The minimum absolute atomic E-state index is 0.768. The van der Waals surface area contributed by atoms with Crippen molar-refractivity contribution in [2.24, 2.45) is 7.05 Å². The van der Waals surface area contributed by atoms with Crippen molar-refractivity contribution in [2.45, 2.75) is 58.0 Å². The van der Waals surface area contributed by atoms with Crippen LogP contribution in [0.15, 0.2) is 12.1 Å². The van der Waals surface area contributed by atoms with Crippen LogP contribution in [0.2, 0.25) is 0 Å². The van der Waals surface area contributed by atoms with E-state index in [1.165, 1.54) is 49.9 Å². The van der Waals surface area contributed by atoms with Crippen LogP contribution in [0.4, 0.5) is 0 Å². The van der Waals surface area contributed by atoms with Crippen LogP contribution in [-0.4, -0.2) is 10.6 Å². The minimum atomic E-state index is 0.768. The molecule has 1 heterocycles. The van der Waals surface area contributed by atoms with Crippen molar-refractivity contribution < 1.29 is 0 Å². The summed E-state index contributed by atoms with van der Waals surface area (Å²) in [4.78, 5) is 0. The Morgan fingerprint density at radius 1 is 1.25 bits per heavy atom. The van der Waals surface area contributed by atoms with Gasteiger partial charge in [0.2, 0.25) is 0 Å². The van der Waals surface area contributed by atoms with Gasteiger partial charge >= 0.3 is 0 Å². The molecule has 0 saturated heterocycles. The summed E-state index contributed by atoms with van der Waals surface area (Å²) in [5, 5.41) is 3.67. The molecule has 0 bridgehead atoms. The fourth-order valence-electron chi connectivity index (χ4n) is 2.66. The maximum Gasteiger partial charge on any atom is 0.0361 e. The second-order valence-corrected chi connectivity index (χ2v) is 4.99. The third-order valence-corrected chi connectivity index (χ3v) is 3.76.